The predicted octanol–water partition coefficient (Wildman–Crippen LogP) is 2.63. The number of non-ortho nitro benzene ring substituents is 1. The number of rotatable bonds is 6. The fraction of sp³-hybridized carbons (Fsp3) is 0.357. The number of fused-ring (bicyclic) bond motifs is 1. The van der Waals surface area contributed by atoms with E-state index in [-0.39, 0.29) is 5.69 Å². The van der Waals surface area contributed by atoms with Crippen molar-refractivity contribution in [3.8, 4) is 0 Å². The number of nitro groups is 1. The van der Waals surface area contributed by atoms with E-state index in [9.17, 15) is 14.3 Å². The molecular weight excluding hydrogens is 290 g/mol. The number of nitro benzene ring substituents is 1. The molecular formula is C14H17N3O3S. The van der Waals surface area contributed by atoms with Gasteiger partial charge in [0.2, 0.25) is 0 Å². The zero-order valence-electron chi connectivity index (χ0n) is 12.0. The first-order chi connectivity index (χ1) is 9.99. The molecule has 1 aromatic heterocycles. The van der Waals surface area contributed by atoms with Crippen LogP contribution in [-0.4, -0.2) is 32.7 Å². The Labute approximate surface area is 125 Å². The van der Waals surface area contributed by atoms with Crippen LogP contribution < -0.4 is 5.32 Å². The Morgan fingerprint density at radius 2 is 2.14 bits per heavy atom. The monoisotopic (exact) mass is 307 g/mol. The van der Waals surface area contributed by atoms with Crippen LogP contribution in [0, 0.1) is 17.0 Å². The molecule has 0 bridgehead atoms. The van der Waals surface area contributed by atoms with Crippen LogP contribution in [0.4, 0.5) is 11.4 Å². The molecule has 2 aromatic rings. The second-order valence-corrected chi connectivity index (χ2v) is 6.37. The number of hydrogen-bond acceptors (Lipinski definition) is 5. The maximum atomic E-state index is 11.1. The lowest BCUT2D eigenvalue weighted by molar-refractivity contribution is -0.383. The fourth-order valence-corrected chi connectivity index (χ4v) is 2.69. The average molecular weight is 307 g/mol. The highest BCUT2D eigenvalue weighted by Crippen LogP contribution is 2.31. The molecule has 1 N–H and O–H groups in total. The van der Waals surface area contributed by atoms with Crippen molar-refractivity contribution >= 4 is 32.9 Å². The van der Waals surface area contributed by atoms with E-state index in [4.69, 9.17) is 0 Å². The number of benzene rings is 1. The summed E-state index contributed by atoms with van der Waals surface area (Å²) in [6.07, 6.45) is 4.00. The van der Waals surface area contributed by atoms with Crippen LogP contribution in [0.3, 0.4) is 0 Å². The first kappa shape index (κ1) is 15.4. The van der Waals surface area contributed by atoms with Gasteiger partial charge in [-0.1, -0.05) is 0 Å². The second-order valence-electron chi connectivity index (χ2n) is 4.82. The molecule has 1 atom stereocenters. The first-order valence-electron chi connectivity index (χ1n) is 6.56. The largest absolute Gasteiger partial charge is 0.385 e. The Morgan fingerprint density at radius 1 is 1.38 bits per heavy atom. The predicted molar refractivity (Wildman–Crippen MR) is 85.2 cm³/mol. The van der Waals surface area contributed by atoms with Crippen molar-refractivity contribution in [2.24, 2.45) is 0 Å². The number of hydrogen-bond donors (Lipinski definition) is 1. The average Bonchev–Trinajstić information content (AvgIpc) is 2.42. The van der Waals surface area contributed by atoms with E-state index in [1.807, 2.05) is 13.0 Å². The van der Waals surface area contributed by atoms with E-state index in [2.05, 4.69) is 10.3 Å². The normalized spacial score (nSPS) is 12.3. The summed E-state index contributed by atoms with van der Waals surface area (Å²) < 4.78 is 11.0. The quantitative estimate of drug-likeness (QED) is 0.504. The van der Waals surface area contributed by atoms with Crippen LogP contribution in [-0.2, 0) is 10.8 Å². The van der Waals surface area contributed by atoms with Crippen LogP contribution in [0.2, 0.25) is 0 Å². The zero-order chi connectivity index (χ0) is 15.4. The Balaban J connectivity index is 2.31. The lowest BCUT2D eigenvalue weighted by Crippen LogP contribution is -2.06. The molecule has 112 valence electrons. The molecule has 2 rings (SSSR count). The molecule has 1 unspecified atom stereocenters. The van der Waals surface area contributed by atoms with Crippen molar-refractivity contribution in [3.63, 3.8) is 0 Å². The van der Waals surface area contributed by atoms with Gasteiger partial charge in [-0.3, -0.25) is 19.3 Å². The molecule has 0 amide bonds. The van der Waals surface area contributed by atoms with E-state index in [1.165, 1.54) is 12.3 Å². The Kier molecular flexibility index (Phi) is 4.85. The maximum absolute atomic E-state index is 11.1. The molecule has 0 radical (unpaired) electrons. The minimum atomic E-state index is -0.803. The van der Waals surface area contributed by atoms with Gasteiger partial charge in [0.25, 0.3) is 5.69 Å². The van der Waals surface area contributed by atoms with Crippen molar-refractivity contribution in [2.75, 3.05) is 23.9 Å². The first-order valence-corrected chi connectivity index (χ1v) is 8.29. The minimum Gasteiger partial charge on any atom is -0.385 e. The Hall–Kier alpha value is -2.02. The van der Waals surface area contributed by atoms with Crippen molar-refractivity contribution in [1.82, 2.24) is 4.98 Å². The van der Waals surface area contributed by atoms with Crippen LogP contribution in [0.25, 0.3) is 10.8 Å². The molecule has 0 fully saturated rings. The van der Waals surface area contributed by atoms with E-state index in [0.29, 0.717) is 17.7 Å². The second kappa shape index (κ2) is 6.62. The van der Waals surface area contributed by atoms with Crippen LogP contribution in [0.1, 0.15) is 12.1 Å². The number of nitrogens with zero attached hydrogens (tertiary/aromatic N) is 2. The van der Waals surface area contributed by atoms with Gasteiger partial charge in [-0.05, 0) is 25.5 Å². The van der Waals surface area contributed by atoms with Gasteiger partial charge < -0.3 is 5.32 Å². The van der Waals surface area contributed by atoms with E-state index >= 15 is 0 Å². The van der Waals surface area contributed by atoms with Crippen molar-refractivity contribution in [2.45, 2.75) is 13.3 Å². The zero-order valence-corrected chi connectivity index (χ0v) is 12.8. The highest BCUT2D eigenvalue weighted by Gasteiger charge is 2.14. The van der Waals surface area contributed by atoms with Gasteiger partial charge >= 0.3 is 0 Å². The van der Waals surface area contributed by atoms with Crippen molar-refractivity contribution < 1.29 is 9.13 Å². The molecule has 1 heterocycles. The molecule has 21 heavy (non-hydrogen) atoms. The molecule has 6 nitrogen and oxygen atoms in total. The molecule has 0 saturated carbocycles. The standard InChI is InChI=1S/C14H17N3O3S/c1-10-8-11-12(9-16-10)14(17(18)19)5-4-13(11)15-6-3-7-21(2)20/h4-5,8-9,15H,3,6-7H2,1-2H3. The van der Waals surface area contributed by atoms with Crippen molar-refractivity contribution in [3.05, 3.63) is 40.2 Å². The highest BCUT2D eigenvalue weighted by molar-refractivity contribution is 7.84. The number of aromatic nitrogens is 1. The summed E-state index contributed by atoms with van der Waals surface area (Å²) in [5.41, 5.74) is 1.70. The Bertz CT molecular complexity index is 703. The lowest BCUT2D eigenvalue weighted by Gasteiger charge is -2.10. The van der Waals surface area contributed by atoms with Crippen molar-refractivity contribution in [1.29, 1.82) is 0 Å². The summed E-state index contributed by atoms with van der Waals surface area (Å²) in [5.74, 6) is 0.637. The van der Waals surface area contributed by atoms with E-state index in [1.54, 1.807) is 12.3 Å². The number of aryl methyl sites for hydroxylation is 1. The van der Waals surface area contributed by atoms with Gasteiger partial charge in [0, 0.05) is 58.4 Å². The van der Waals surface area contributed by atoms with Crippen LogP contribution >= 0.6 is 0 Å². The van der Waals surface area contributed by atoms with Gasteiger partial charge in [0.1, 0.15) is 0 Å². The highest BCUT2D eigenvalue weighted by atomic mass is 32.2. The summed E-state index contributed by atoms with van der Waals surface area (Å²) in [5, 5.41) is 15.6. The molecule has 0 aliphatic carbocycles. The molecule has 0 spiro atoms. The van der Waals surface area contributed by atoms with Gasteiger partial charge in [-0.15, -0.1) is 0 Å². The summed E-state index contributed by atoms with van der Waals surface area (Å²) in [4.78, 5) is 14.8. The molecule has 1 aromatic carbocycles. The molecule has 7 heteroatoms. The maximum Gasteiger partial charge on any atom is 0.278 e. The topological polar surface area (TPSA) is 85.1 Å². The third-order valence-corrected chi connectivity index (χ3v) is 4.00. The summed E-state index contributed by atoms with van der Waals surface area (Å²) >= 11 is 0. The summed E-state index contributed by atoms with van der Waals surface area (Å²) in [7, 11) is -0.803. The van der Waals surface area contributed by atoms with Gasteiger partial charge in [-0.2, -0.15) is 0 Å². The van der Waals surface area contributed by atoms with Gasteiger partial charge in [0.05, 0.1) is 10.3 Å². The van der Waals surface area contributed by atoms with E-state index < -0.39 is 15.7 Å². The van der Waals surface area contributed by atoms with Gasteiger partial charge in [0.15, 0.2) is 0 Å². The molecule has 0 aliphatic rings. The SMILES string of the molecule is Cc1cc2c(NCCCS(C)=O)ccc([N+](=O)[O-])c2cn1. The summed E-state index contributed by atoms with van der Waals surface area (Å²) in [6.45, 7) is 2.52. The van der Waals surface area contributed by atoms with Crippen LogP contribution in [0.5, 0.6) is 0 Å². The van der Waals surface area contributed by atoms with Gasteiger partial charge in [-0.25, -0.2) is 0 Å². The third-order valence-electron chi connectivity index (χ3n) is 3.14. The van der Waals surface area contributed by atoms with Crippen LogP contribution in [0.15, 0.2) is 24.4 Å². The number of pyridine rings is 1. The number of nitrogens with one attached hydrogen (secondary N) is 1. The Morgan fingerprint density at radius 3 is 2.81 bits per heavy atom. The molecule has 0 saturated heterocycles. The minimum absolute atomic E-state index is 0.0534. The fourth-order valence-electron chi connectivity index (χ4n) is 2.14. The third kappa shape index (κ3) is 3.75. The summed E-state index contributed by atoms with van der Waals surface area (Å²) in [6, 6.07) is 5.03. The number of anilines is 1. The lowest BCUT2D eigenvalue weighted by atomic mass is 10.1. The molecule has 0 aliphatic heterocycles. The smallest absolute Gasteiger partial charge is 0.278 e. The van der Waals surface area contributed by atoms with E-state index in [0.717, 1.165) is 23.2 Å².